The molecule has 110 valence electrons. The molecule has 22 heavy (non-hydrogen) atoms. The summed E-state index contributed by atoms with van der Waals surface area (Å²) in [5.41, 5.74) is 1.52. The van der Waals surface area contributed by atoms with Gasteiger partial charge >= 0.3 is 11.6 Å². The second kappa shape index (κ2) is 4.81. The molecule has 0 aliphatic carbocycles. The van der Waals surface area contributed by atoms with Crippen molar-refractivity contribution >= 4 is 28.3 Å². The molecule has 0 saturated carbocycles. The molecular weight excluding hydrogens is 300 g/mol. The van der Waals surface area contributed by atoms with Crippen LogP contribution in [0, 0.1) is 6.92 Å². The van der Waals surface area contributed by atoms with Gasteiger partial charge in [-0.05, 0) is 36.1 Å². The molecule has 3 aromatic rings. The van der Waals surface area contributed by atoms with Gasteiger partial charge < -0.3 is 9.15 Å². The van der Waals surface area contributed by atoms with Crippen molar-refractivity contribution < 1.29 is 13.9 Å². The zero-order chi connectivity index (χ0) is 15.3. The highest BCUT2D eigenvalue weighted by Gasteiger charge is 2.34. The van der Waals surface area contributed by atoms with Crippen molar-refractivity contribution in [3.8, 4) is 5.75 Å². The maximum absolute atomic E-state index is 12.4. The number of benzene rings is 1. The van der Waals surface area contributed by atoms with Crippen LogP contribution < -0.4 is 10.4 Å². The minimum atomic E-state index is -0.431. The van der Waals surface area contributed by atoms with Gasteiger partial charge in [-0.1, -0.05) is 12.1 Å². The van der Waals surface area contributed by atoms with Crippen LogP contribution in [0.25, 0.3) is 11.0 Å². The third-order valence-corrected chi connectivity index (χ3v) is 5.08. The SMILES string of the molecule is Cc1ccsc1[C@@H]1CC(=O)Oc2c1c(=O)oc1ccccc21. The molecule has 5 heteroatoms. The third kappa shape index (κ3) is 1.89. The highest BCUT2D eigenvalue weighted by molar-refractivity contribution is 7.10. The Morgan fingerprint density at radius 1 is 1.18 bits per heavy atom. The summed E-state index contributed by atoms with van der Waals surface area (Å²) in [4.78, 5) is 25.5. The molecule has 0 bridgehead atoms. The number of carbonyl (C=O) groups is 1. The smallest absolute Gasteiger partial charge is 0.343 e. The summed E-state index contributed by atoms with van der Waals surface area (Å²) in [6.07, 6.45) is 0.164. The first-order valence-corrected chi connectivity index (χ1v) is 7.83. The zero-order valence-electron chi connectivity index (χ0n) is 11.8. The van der Waals surface area contributed by atoms with E-state index in [0.717, 1.165) is 10.4 Å². The molecule has 4 rings (SSSR count). The van der Waals surface area contributed by atoms with Crippen LogP contribution in [0.4, 0.5) is 0 Å². The standard InChI is InChI=1S/C17H12O4S/c1-9-6-7-22-16(9)11-8-13(18)21-15-10-4-2-3-5-12(10)20-17(19)14(11)15/h2-7,11H,8H2,1H3/t11-/m1/s1. The van der Waals surface area contributed by atoms with Gasteiger partial charge in [0.2, 0.25) is 0 Å². The quantitative estimate of drug-likeness (QED) is 0.509. The average Bonchev–Trinajstić information content (AvgIpc) is 2.92. The van der Waals surface area contributed by atoms with E-state index in [1.54, 1.807) is 29.5 Å². The molecule has 0 N–H and O–H groups in total. The van der Waals surface area contributed by atoms with Crippen molar-refractivity contribution in [3.05, 3.63) is 62.1 Å². The lowest BCUT2D eigenvalue weighted by Crippen LogP contribution is -2.26. The molecule has 1 atom stereocenters. The molecule has 0 unspecified atom stereocenters. The largest absolute Gasteiger partial charge is 0.425 e. The van der Waals surface area contributed by atoms with Gasteiger partial charge in [0.25, 0.3) is 0 Å². The Balaban J connectivity index is 2.06. The summed E-state index contributed by atoms with van der Waals surface area (Å²) < 4.78 is 10.8. The fourth-order valence-corrected chi connectivity index (χ4v) is 3.97. The van der Waals surface area contributed by atoms with Crippen LogP contribution in [-0.4, -0.2) is 5.97 Å². The van der Waals surface area contributed by atoms with Crippen LogP contribution in [0.2, 0.25) is 0 Å². The number of hydrogen-bond donors (Lipinski definition) is 0. The number of esters is 1. The molecule has 1 aromatic carbocycles. The highest BCUT2D eigenvalue weighted by Crippen LogP contribution is 2.42. The normalized spacial score (nSPS) is 17.3. The van der Waals surface area contributed by atoms with E-state index in [1.807, 2.05) is 24.4 Å². The Bertz CT molecular complexity index is 951. The highest BCUT2D eigenvalue weighted by atomic mass is 32.1. The minimum absolute atomic E-state index is 0.164. The van der Waals surface area contributed by atoms with Gasteiger partial charge in [-0.2, -0.15) is 0 Å². The predicted molar refractivity (Wildman–Crippen MR) is 83.6 cm³/mol. The molecule has 0 radical (unpaired) electrons. The second-order valence-electron chi connectivity index (χ2n) is 5.33. The number of rotatable bonds is 1. The molecule has 1 aliphatic heterocycles. The number of fused-ring (bicyclic) bond motifs is 3. The molecule has 3 heterocycles. The molecule has 4 nitrogen and oxygen atoms in total. The average molecular weight is 312 g/mol. The van der Waals surface area contributed by atoms with Gasteiger partial charge in [0.1, 0.15) is 5.58 Å². The number of para-hydroxylation sites is 1. The molecule has 2 aromatic heterocycles. The van der Waals surface area contributed by atoms with Gasteiger partial charge in [0.05, 0.1) is 17.4 Å². The minimum Gasteiger partial charge on any atom is -0.425 e. The topological polar surface area (TPSA) is 56.5 Å². The summed E-state index contributed by atoms with van der Waals surface area (Å²) in [6.45, 7) is 1.98. The lowest BCUT2D eigenvalue weighted by Gasteiger charge is -2.23. The monoisotopic (exact) mass is 312 g/mol. The fraction of sp³-hybridized carbons (Fsp3) is 0.176. The van der Waals surface area contributed by atoms with E-state index in [4.69, 9.17) is 9.15 Å². The maximum Gasteiger partial charge on any atom is 0.343 e. The van der Waals surface area contributed by atoms with Crippen molar-refractivity contribution in [1.29, 1.82) is 0 Å². The zero-order valence-corrected chi connectivity index (χ0v) is 12.6. The van der Waals surface area contributed by atoms with Gasteiger partial charge in [0, 0.05) is 10.8 Å². The van der Waals surface area contributed by atoms with E-state index in [9.17, 15) is 9.59 Å². The first-order valence-electron chi connectivity index (χ1n) is 6.95. The first-order chi connectivity index (χ1) is 10.6. The lowest BCUT2D eigenvalue weighted by atomic mass is 9.90. The Kier molecular flexibility index (Phi) is 2.90. The van der Waals surface area contributed by atoms with Crippen LogP contribution >= 0.6 is 11.3 Å². The van der Waals surface area contributed by atoms with E-state index in [1.165, 1.54) is 0 Å². The number of carbonyl (C=O) groups excluding carboxylic acids is 1. The van der Waals surface area contributed by atoms with E-state index >= 15 is 0 Å². The number of ether oxygens (including phenoxy) is 1. The first kappa shape index (κ1) is 13.3. The van der Waals surface area contributed by atoms with Crippen LogP contribution in [0.3, 0.4) is 0 Å². The van der Waals surface area contributed by atoms with Gasteiger partial charge in [-0.25, -0.2) is 4.79 Å². The van der Waals surface area contributed by atoms with Gasteiger partial charge in [-0.3, -0.25) is 4.79 Å². The summed E-state index contributed by atoms with van der Waals surface area (Å²) in [5, 5.41) is 2.62. The molecule has 0 spiro atoms. The van der Waals surface area contributed by atoms with Crippen molar-refractivity contribution in [3.63, 3.8) is 0 Å². The second-order valence-corrected chi connectivity index (χ2v) is 6.27. The van der Waals surface area contributed by atoms with Crippen LogP contribution in [0.1, 0.15) is 28.3 Å². The fourth-order valence-electron chi connectivity index (χ4n) is 2.94. The van der Waals surface area contributed by atoms with Crippen molar-refractivity contribution in [2.75, 3.05) is 0 Å². The van der Waals surface area contributed by atoms with Gasteiger partial charge in [-0.15, -0.1) is 11.3 Å². The van der Waals surface area contributed by atoms with Gasteiger partial charge in [0.15, 0.2) is 5.75 Å². The maximum atomic E-state index is 12.4. The van der Waals surface area contributed by atoms with E-state index < -0.39 is 5.63 Å². The van der Waals surface area contributed by atoms with Crippen LogP contribution in [0.5, 0.6) is 5.75 Å². The van der Waals surface area contributed by atoms with Crippen LogP contribution in [0.15, 0.2) is 44.9 Å². The molecular formula is C17H12O4S. The Labute approximate surface area is 130 Å². The van der Waals surface area contributed by atoms with Crippen molar-refractivity contribution in [2.24, 2.45) is 0 Å². The number of thiophene rings is 1. The summed E-state index contributed by atoms with van der Waals surface area (Å²) in [6, 6.07) is 9.10. The number of aryl methyl sites for hydroxylation is 1. The van der Waals surface area contributed by atoms with E-state index in [0.29, 0.717) is 22.3 Å². The molecule has 1 aliphatic rings. The Morgan fingerprint density at radius 3 is 2.77 bits per heavy atom. The Hall–Kier alpha value is -2.40. The van der Waals surface area contributed by atoms with Crippen molar-refractivity contribution in [1.82, 2.24) is 0 Å². The number of hydrogen-bond acceptors (Lipinski definition) is 5. The molecule has 0 saturated heterocycles. The predicted octanol–water partition coefficient (Wildman–Crippen LogP) is 3.60. The Morgan fingerprint density at radius 2 is 2.00 bits per heavy atom. The van der Waals surface area contributed by atoms with E-state index in [2.05, 4.69) is 0 Å². The summed E-state index contributed by atoms with van der Waals surface area (Å²) in [5.74, 6) is -0.265. The third-order valence-electron chi connectivity index (χ3n) is 3.95. The molecule has 0 amide bonds. The summed E-state index contributed by atoms with van der Waals surface area (Å²) >= 11 is 1.55. The van der Waals surface area contributed by atoms with Crippen LogP contribution in [-0.2, 0) is 4.79 Å². The summed E-state index contributed by atoms with van der Waals surface area (Å²) in [7, 11) is 0. The molecule has 0 fully saturated rings. The lowest BCUT2D eigenvalue weighted by molar-refractivity contribution is -0.135. The van der Waals surface area contributed by atoms with E-state index in [-0.39, 0.29) is 18.3 Å². The van der Waals surface area contributed by atoms with Crippen molar-refractivity contribution in [2.45, 2.75) is 19.3 Å².